The van der Waals surface area contributed by atoms with Gasteiger partial charge in [0.25, 0.3) is 0 Å². The Bertz CT molecular complexity index is 953. The van der Waals surface area contributed by atoms with Gasteiger partial charge in [-0.25, -0.2) is 0 Å². The number of guanidine groups is 1. The number of carbonyl (C=O) groups is 1. The van der Waals surface area contributed by atoms with E-state index in [2.05, 4.69) is 74.2 Å². The zero-order valence-electron chi connectivity index (χ0n) is 20.2. The summed E-state index contributed by atoms with van der Waals surface area (Å²) in [6, 6.07) is 19.3. The summed E-state index contributed by atoms with van der Waals surface area (Å²) in [6.45, 7) is 5.85. The highest BCUT2D eigenvalue weighted by Gasteiger charge is 2.26. The maximum absolute atomic E-state index is 12.1. The predicted octanol–water partition coefficient (Wildman–Crippen LogP) is 3.27. The molecule has 1 fully saturated rings. The maximum atomic E-state index is 12.1. The van der Waals surface area contributed by atoms with E-state index in [0.717, 1.165) is 50.8 Å². The third-order valence-electron chi connectivity index (χ3n) is 6.64. The number of likely N-dealkylation sites (N-methyl/N-ethyl adjacent to an activating group) is 1. The van der Waals surface area contributed by atoms with Crippen molar-refractivity contribution in [2.24, 2.45) is 4.99 Å². The van der Waals surface area contributed by atoms with Crippen LogP contribution in [-0.4, -0.2) is 75.0 Å². The second-order valence-corrected chi connectivity index (χ2v) is 8.99. The largest absolute Gasteiger partial charge is 0.356 e. The minimum atomic E-state index is 0. The summed E-state index contributed by atoms with van der Waals surface area (Å²) in [5.41, 5.74) is 3.50. The van der Waals surface area contributed by atoms with Crippen LogP contribution in [0.5, 0.6) is 0 Å². The Balaban J connectivity index is 0.00000324. The Kier molecular flexibility index (Phi) is 10.2. The van der Waals surface area contributed by atoms with Gasteiger partial charge in [0.1, 0.15) is 0 Å². The standard InChI is InChI=1S/C26H36N6O.HI/c1-27-26(29-18-21-17-25(33)30-23-12-7-6-11-22(21)23)28-13-8-14-32-16-15-31(2)19-24(32)20-9-4-3-5-10-20;/h3-7,9-12,21,24H,8,13-19H2,1-2H3,(H,30,33)(H2,27,28,29);1H. The van der Waals surface area contributed by atoms with Crippen LogP contribution in [0.3, 0.4) is 0 Å². The highest BCUT2D eigenvalue weighted by atomic mass is 127. The summed E-state index contributed by atoms with van der Waals surface area (Å²) in [6.07, 6.45) is 1.54. The van der Waals surface area contributed by atoms with Crippen molar-refractivity contribution in [3.63, 3.8) is 0 Å². The maximum Gasteiger partial charge on any atom is 0.225 e. The number of rotatable bonds is 7. The predicted molar refractivity (Wildman–Crippen MR) is 150 cm³/mol. The molecule has 1 saturated heterocycles. The molecule has 0 spiro atoms. The van der Waals surface area contributed by atoms with Gasteiger partial charge in [0, 0.05) is 70.4 Å². The van der Waals surface area contributed by atoms with Gasteiger partial charge in [-0.05, 0) is 30.7 Å². The fraction of sp³-hybridized carbons (Fsp3) is 0.462. The lowest BCUT2D eigenvalue weighted by Gasteiger charge is -2.40. The van der Waals surface area contributed by atoms with E-state index in [9.17, 15) is 4.79 Å². The van der Waals surface area contributed by atoms with E-state index in [1.807, 2.05) is 18.2 Å². The van der Waals surface area contributed by atoms with Crippen LogP contribution in [-0.2, 0) is 4.79 Å². The lowest BCUT2D eigenvalue weighted by atomic mass is 9.90. The van der Waals surface area contributed by atoms with Crippen LogP contribution in [0.4, 0.5) is 5.69 Å². The molecule has 0 saturated carbocycles. The monoisotopic (exact) mass is 576 g/mol. The van der Waals surface area contributed by atoms with E-state index in [1.165, 1.54) is 11.1 Å². The molecule has 4 rings (SSSR count). The zero-order chi connectivity index (χ0) is 23.0. The van der Waals surface area contributed by atoms with Gasteiger partial charge in [-0.15, -0.1) is 24.0 Å². The molecule has 0 aliphatic carbocycles. The molecule has 34 heavy (non-hydrogen) atoms. The number of nitrogens with one attached hydrogen (secondary N) is 3. The lowest BCUT2D eigenvalue weighted by Crippen LogP contribution is -2.47. The van der Waals surface area contributed by atoms with Crippen molar-refractivity contribution in [3.8, 4) is 0 Å². The molecule has 1 amide bonds. The van der Waals surface area contributed by atoms with Crippen molar-refractivity contribution >= 4 is 41.5 Å². The molecule has 2 heterocycles. The van der Waals surface area contributed by atoms with Gasteiger partial charge in [-0.2, -0.15) is 0 Å². The Morgan fingerprint density at radius 1 is 1.09 bits per heavy atom. The first kappa shape index (κ1) is 26.4. The van der Waals surface area contributed by atoms with Crippen molar-refractivity contribution in [2.75, 3.05) is 58.7 Å². The van der Waals surface area contributed by atoms with Crippen LogP contribution in [0.15, 0.2) is 59.6 Å². The number of aliphatic imine (C=N–C) groups is 1. The average Bonchev–Trinajstić information content (AvgIpc) is 2.84. The summed E-state index contributed by atoms with van der Waals surface area (Å²) < 4.78 is 0. The van der Waals surface area contributed by atoms with Gasteiger partial charge < -0.3 is 20.9 Å². The molecule has 2 aromatic carbocycles. The van der Waals surface area contributed by atoms with Gasteiger partial charge in [-0.3, -0.25) is 14.7 Å². The van der Waals surface area contributed by atoms with E-state index >= 15 is 0 Å². The second kappa shape index (κ2) is 13.1. The van der Waals surface area contributed by atoms with Crippen molar-refractivity contribution in [1.29, 1.82) is 0 Å². The fourth-order valence-electron chi connectivity index (χ4n) is 4.83. The number of nitrogens with zero attached hydrogens (tertiary/aromatic N) is 3. The lowest BCUT2D eigenvalue weighted by molar-refractivity contribution is -0.116. The first-order valence-corrected chi connectivity index (χ1v) is 11.9. The van der Waals surface area contributed by atoms with Crippen molar-refractivity contribution in [3.05, 3.63) is 65.7 Å². The SMILES string of the molecule is CN=C(NCCCN1CCN(C)CC1c1ccccc1)NCC1CC(=O)Nc2ccccc21.I. The number of halogens is 1. The highest BCUT2D eigenvalue weighted by Crippen LogP contribution is 2.31. The molecule has 2 aromatic rings. The number of anilines is 1. The first-order valence-electron chi connectivity index (χ1n) is 11.9. The number of piperazine rings is 1. The summed E-state index contributed by atoms with van der Waals surface area (Å²) in [5, 5.41) is 9.83. The van der Waals surface area contributed by atoms with Crippen LogP contribution in [0, 0.1) is 0 Å². The Morgan fingerprint density at radius 3 is 2.65 bits per heavy atom. The average molecular weight is 577 g/mol. The van der Waals surface area contributed by atoms with Gasteiger partial charge in [0.15, 0.2) is 5.96 Å². The first-order chi connectivity index (χ1) is 16.1. The minimum absolute atomic E-state index is 0. The summed E-state index contributed by atoms with van der Waals surface area (Å²) in [7, 11) is 4.00. The molecule has 8 heteroatoms. The molecule has 3 N–H and O–H groups in total. The number of amides is 1. The van der Waals surface area contributed by atoms with Gasteiger partial charge >= 0.3 is 0 Å². The fourth-order valence-corrected chi connectivity index (χ4v) is 4.83. The van der Waals surface area contributed by atoms with Gasteiger partial charge in [-0.1, -0.05) is 48.5 Å². The zero-order valence-corrected chi connectivity index (χ0v) is 22.5. The molecule has 2 aliphatic heterocycles. The van der Waals surface area contributed by atoms with E-state index in [0.29, 0.717) is 19.0 Å². The third kappa shape index (κ3) is 6.93. The number of benzene rings is 2. The van der Waals surface area contributed by atoms with Crippen LogP contribution in [0.25, 0.3) is 0 Å². The molecular weight excluding hydrogens is 539 g/mol. The van der Waals surface area contributed by atoms with E-state index in [-0.39, 0.29) is 35.8 Å². The molecule has 2 unspecified atom stereocenters. The normalized spacial score (nSPS) is 21.2. The van der Waals surface area contributed by atoms with E-state index in [1.54, 1.807) is 7.05 Å². The van der Waals surface area contributed by atoms with Gasteiger partial charge in [0.05, 0.1) is 0 Å². The van der Waals surface area contributed by atoms with Crippen LogP contribution < -0.4 is 16.0 Å². The Labute approximate surface area is 220 Å². The molecule has 7 nitrogen and oxygen atoms in total. The molecule has 2 aliphatic rings. The van der Waals surface area contributed by atoms with Crippen LogP contribution in [0.1, 0.15) is 35.9 Å². The minimum Gasteiger partial charge on any atom is -0.356 e. The molecule has 0 bridgehead atoms. The molecule has 0 aromatic heterocycles. The summed E-state index contributed by atoms with van der Waals surface area (Å²) in [4.78, 5) is 21.5. The quantitative estimate of drug-likeness (QED) is 0.204. The number of para-hydroxylation sites is 1. The smallest absolute Gasteiger partial charge is 0.225 e. The molecule has 184 valence electrons. The summed E-state index contributed by atoms with van der Waals surface area (Å²) >= 11 is 0. The van der Waals surface area contributed by atoms with Gasteiger partial charge in [0.2, 0.25) is 5.91 Å². The van der Waals surface area contributed by atoms with Crippen molar-refractivity contribution < 1.29 is 4.79 Å². The number of fused-ring (bicyclic) bond motifs is 1. The number of hydrogen-bond donors (Lipinski definition) is 3. The summed E-state index contributed by atoms with van der Waals surface area (Å²) in [5.74, 6) is 1.01. The number of hydrogen-bond acceptors (Lipinski definition) is 4. The van der Waals surface area contributed by atoms with Crippen LogP contribution in [0.2, 0.25) is 0 Å². The molecular formula is C26H37IN6O. The van der Waals surface area contributed by atoms with Crippen molar-refractivity contribution in [1.82, 2.24) is 20.4 Å². The van der Waals surface area contributed by atoms with E-state index in [4.69, 9.17) is 0 Å². The van der Waals surface area contributed by atoms with E-state index < -0.39 is 0 Å². The highest BCUT2D eigenvalue weighted by molar-refractivity contribution is 14.0. The van der Waals surface area contributed by atoms with Crippen molar-refractivity contribution in [2.45, 2.75) is 24.8 Å². The topological polar surface area (TPSA) is 72.0 Å². The Morgan fingerprint density at radius 2 is 1.85 bits per heavy atom. The number of carbonyl (C=O) groups excluding carboxylic acids is 1. The molecule has 0 radical (unpaired) electrons. The van der Waals surface area contributed by atoms with Crippen LogP contribution >= 0.6 is 24.0 Å². The Hall–Kier alpha value is -2.17. The third-order valence-corrected chi connectivity index (χ3v) is 6.64. The second-order valence-electron chi connectivity index (χ2n) is 8.99. The molecule has 2 atom stereocenters.